The summed E-state index contributed by atoms with van der Waals surface area (Å²) in [4.78, 5) is 37.2. The normalized spacial score (nSPS) is 23.7. The van der Waals surface area contributed by atoms with Gasteiger partial charge >= 0.3 is 12.2 Å². The smallest absolute Gasteiger partial charge is 0.319 e. The standard InChI is InChI=1S/C20H14F4N2O3/c21-14-6-1-10-7-11(16(27)15(10)8-14)9-19(17(28)25-18(29)26-19)12-2-4-13(5-3-12)20(22,23)24/h1-6,8,11H,7,9H2,(H2,25,26,28,29). The van der Waals surface area contributed by atoms with Gasteiger partial charge in [-0.3, -0.25) is 14.9 Å². The number of urea groups is 1. The second-order valence-corrected chi connectivity index (χ2v) is 7.16. The van der Waals surface area contributed by atoms with Gasteiger partial charge in [0.2, 0.25) is 0 Å². The first kappa shape index (κ1) is 19.1. The molecule has 2 aromatic carbocycles. The molecule has 2 atom stereocenters. The monoisotopic (exact) mass is 406 g/mol. The van der Waals surface area contributed by atoms with Crippen LogP contribution in [0.2, 0.25) is 0 Å². The number of fused-ring (bicyclic) bond motifs is 1. The Balaban J connectivity index is 1.70. The molecule has 29 heavy (non-hydrogen) atoms. The number of benzene rings is 2. The molecule has 1 aliphatic heterocycles. The summed E-state index contributed by atoms with van der Waals surface area (Å²) >= 11 is 0. The largest absolute Gasteiger partial charge is 0.416 e. The van der Waals surface area contributed by atoms with Crippen molar-refractivity contribution in [3.63, 3.8) is 0 Å². The molecule has 0 bridgehead atoms. The van der Waals surface area contributed by atoms with Crippen LogP contribution >= 0.6 is 0 Å². The maximum Gasteiger partial charge on any atom is 0.416 e. The summed E-state index contributed by atoms with van der Waals surface area (Å²) in [6, 6.07) is 6.88. The fraction of sp³-hybridized carbons (Fsp3) is 0.250. The molecule has 3 amide bonds. The van der Waals surface area contributed by atoms with Gasteiger partial charge in [0, 0.05) is 11.5 Å². The number of rotatable bonds is 3. The quantitative estimate of drug-likeness (QED) is 0.607. The van der Waals surface area contributed by atoms with E-state index < -0.39 is 41.0 Å². The van der Waals surface area contributed by atoms with Gasteiger partial charge in [0.25, 0.3) is 5.91 Å². The Morgan fingerprint density at radius 3 is 2.31 bits per heavy atom. The minimum absolute atomic E-state index is 0.129. The van der Waals surface area contributed by atoms with Crippen LogP contribution in [0.3, 0.4) is 0 Å². The molecule has 2 N–H and O–H groups in total. The number of nitrogens with one attached hydrogen (secondary N) is 2. The van der Waals surface area contributed by atoms with Crippen molar-refractivity contribution in [1.29, 1.82) is 0 Å². The molecule has 1 fully saturated rings. The topological polar surface area (TPSA) is 75.3 Å². The number of amides is 3. The van der Waals surface area contributed by atoms with Gasteiger partial charge in [0.05, 0.1) is 5.56 Å². The fourth-order valence-corrected chi connectivity index (χ4v) is 3.97. The average Bonchev–Trinajstić information content (AvgIpc) is 3.11. The number of hydrogen-bond acceptors (Lipinski definition) is 3. The molecule has 0 saturated carbocycles. The van der Waals surface area contributed by atoms with Gasteiger partial charge < -0.3 is 5.32 Å². The highest BCUT2D eigenvalue weighted by atomic mass is 19.4. The van der Waals surface area contributed by atoms with Gasteiger partial charge in [-0.1, -0.05) is 18.2 Å². The van der Waals surface area contributed by atoms with Crippen LogP contribution in [0.15, 0.2) is 42.5 Å². The highest BCUT2D eigenvalue weighted by Gasteiger charge is 2.51. The van der Waals surface area contributed by atoms with Crippen LogP contribution in [0.1, 0.15) is 33.5 Å². The molecule has 9 heteroatoms. The number of carbonyl (C=O) groups is 3. The number of carbonyl (C=O) groups excluding carboxylic acids is 3. The van der Waals surface area contributed by atoms with Crippen molar-refractivity contribution in [2.24, 2.45) is 5.92 Å². The van der Waals surface area contributed by atoms with E-state index in [1.807, 2.05) is 0 Å². The highest BCUT2D eigenvalue weighted by Crippen LogP contribution is 2.39. The van der Waals surface area contributed by atoms with E-state index in [0.717, 1.165) is 30.3 Å². The summed E-state index contributed by atoms with van der Waals surface area (Å²) in [5.74, 6) is -2.43. The van der Waals surface area contributed by atoms with Gasteiger partial charge in [-0.15, -0.1) is 0 Å². The molecule has 1 saturated heterocycles. The zero-order valence-electron chi connectivity index (χ0n) is 14.8. The summed E-state index contributed by atoms with van der Waals surface area (Å²) in [7, 11) is 0. The lowest BCUT2D eigenvalue weighted by atomic mass is 9.79. The van der Waals surface area contributed by atoms with Crippen LogP contribution in [-0.4, -0.2) is 17.7 Å². The van der Waals surface area contributed by atoms with Crippen LogP contribution < -0.4 is 10.6 Å². The molecule has 2 aliphatic rings. The van der Waals surface area contributed by atoms with E-state index >= 15 is 0 Å². The Bertz CT molecular complexity index is 1030. The Labute approximate surface area is 162 Å². The lowest BCUT2D eigenvalue weighted by Gasteiger charge is -2.29. The molecule has 0 aromatic heterocycles. The van der Waals surface area contributed by atoms with E-state index in [9.17, 15) is 31.9 Å². The number of Topliss-reactive ketones (excluding diaryl/α,β-unsaturated/α-hetero) is 1. The van der Waals surface area contributed by atoms with Crippen molar-refractivity contribution in [2.75, 3.05) is 0 Å². The first-order valence-corrected chi connectivity index (χ1v) is 8.74. The first-order chi connectivity index (χ1) is 13.6. The zero-order valence-corrected chi connectivity index (χ0v) is 14.8. The van der Waals surface area contributed by atoms with Crippen molar-refractivity contribution in [2.45, 2.75) is 24.6 Å². The highest BCUT2D eigenvalue weighted by molar-refractivity contribution is 6.08. The van der Waals surface area contributed by atoms with Crippen molar-refractivity contribution in [1.82, 2.24) is 10.6 Å². The zero-order chi connectivity index (χ0) is 21.0. The van der Waals surface area contributed by atoms with Gasteiger partial charge in [-0.2, -0.15) is 13.2 Å². The van der Waals surface area contributed by atoms with E-state index in [0.29, 0.717) is 5.56 Å². The number of ketones is 1. The third kappa shape index (κ3) is 3.16. The van der Waals surface area contributed by atoms with Gasteiger partial charge in [-0.25, -0.2) is 9.18 Å². The second kappa shape index (κ2) is 6.40. The van der Waals surface area contributed by atoms with Crippen molar-refractivity contribution >= 4 is 17.7 Å². The summed E-state index contributed by atoms with van der Waals surface area (Å²) < 4.78 is 52.1. The van der Waals surface area contributed by atoms with E-state index in [1.54, 1.807) is 0 Å². The van der Waals surface area contributed by atoms with E-state index in [1.165, 1.54) is 12.1 Å². The summed E-state index contributed by atoms with van der Waals surface area (Å²) in [6.07, 6.45) is -4.48. The van der Waals surface area contributed by atoms with Crippen LogP contribution in [0, 0.1) is 11.7 Å². The maximum absolute atomic E-state index is 13.5. The van der Waals surface area contributed by atoms with E-state index in [4.69, 9.17) is 0 Å². The molecule has 5 nitrogen and oxygen atoms in total. The summed E-state index contributed by atoms with van der Waals surface area (Å²) in [5.41, 5.74) is -1.64. The predicted molar refractivity (Wildman–Crippen MR) is 92.3 cm³/mol. The molecule has 2 unspecified atom stereocenters. The molecular formula is C20H14F4N2O3. The van der Waals surface area contributed by atoms with E-state index in [-0.39, 0.29) is 29.8 Å². The SMILES string of the molecule is O=C1NC(=O)C(CC2Cc3ccc(F)cc3C2=O)(c2ccc(C(F)(F)F)cc2)N1. The predicted octanol–water partition coefficient (Wildman–Crippen LogP) is 3.32. The molecule has 1 heterocycles. The molecule has 4 rings (SSSR count). The maximum atomic E-state index is 13.5. The van der Waals surface area contributed by atoms with Crippen molar-refractivity contribution in [3.05, 3.63) is 70.5 Å². The van der Waals surface area contributed by atoms with Gasteiger partial charge in [-0.05, 0) is 48.2 Å². The molecule has 150 valence electrons. The second-order valence-electron chi connectivity index (χ2n) is 7.16. The number of alkyl halides is 3. The third-order valence-electron chi connectivity index (χ3n) is 5.37. The van der Waals surface area contributed by atoms with Crippen LogP contribution in [-0.2, 0) is 22.9 Å². The van der Waals surface area contributed by atoms with Gasteiger partial charge in [0.1, 0.15) is 11.4 Å². The first-order valence-electron chi connectivity index (χ1n) is 8.74. The van der Waals surface area contributed by atoms with Crippen LogP contribution in [0.25, 0.3) is 0 Å². The molecule has 1 aliphatic carbocycles. The minimum atomic E-state index is -4.56. The molecular weight excluding hydrogens is 392 g/mol. The summed E-state index contributed by atoms with van der Waals surface area (Å²) in [6.45, 7) is 0. The Kier molecular flexibility index (Phi) is 4.21. The fourth-order valence-electron chi connectivity index (χ4n) is 3.97. The van der Waals surface area contributed by atoms with Crippen molar-refractivity contribution in [3.8, 4) is 0 Å². The van der Waals surface area contributed by atoms with Crippen LogP contribution in [0.5, 0.6) is 0 Å². The lowest BCUT2D eigenvalue weighted by molar-refractivity contribution is -0.137. The molecule has 0 spiro atoms. The Hall–Kier alpha value is -3.23. The molecule has 0 radical (unpaired) electrons. The third-order valence-corrected chi connectivity index (χ3v) is 5.37. The van der Waals surface area contributed by atoms with Crippen LogP contribution in [0.4, 0.5) is 22.4 Å². The van der Waals surface area contributed by atoms with Gasteiger partial charge in [0.15, 0.2) is 5.78 Å². The summed E-state index contributed by atoms with van der Waals surface area (Å²) in [5, 5.41) is 4.56. The number of hydrogen-bond donors (Lipinski definition) is 2. The molecule has 2 aromatic rings. The lowest BCUT2D eigenvalue weighted by Crippen LogP contribution is -2.46. The Morgan fingerprint density at radius 2 is 1.72 bits per heavy atom. The average molecular weight is 406 g/mol. The Morgan fingerprint density at radius 1 is 1.03 bits per heavy atom. The van der Waals surface area contributed by atoms with E-state index in [2.05, 4.69) is 10.6 Å². The minimum Gasteiger partial charge on any atom is -0.319 e. The number of halogens is 4. The number of imide groups is 1. The van der Waals surface area contributed by atoms with Crippen molar-refractivity contribution < 1.29 is 31.9 Å².